The molecule has 1 heterocycles. The molecule has 0 bridgehead atoms. The Morgan fingerprint density at radius 1 is 1.00 bits per heavy atom. The van der Waals surface area contributed by atoms with E-state index in [9.17, 15) is 0 Å². The summed E-state index contributed by atoms with van der Waals surface area (Å²) in [5, 5.41) is 8.09. The first-order valence-electron chi connectivity index (χ1n) is 9.71. The molecule has 0 radical (unpaired) electrons. The fourth-order valence-corrected chi connectivity index (χ4v) is 3.56. The van der Waals surface area contributed by atoms with Crippen molar-refractivity contribution in [2.24, 2.45) is 4.99 Å². The maximum atomic E-state index is 4.81. The third-order valence-electron chi connectivity index (χ3n) is 5.30. The molecule has 2 N–H and O–H groups in total. The average molecular weight is 486 g/mol. The minimum atomic E-state index is 0. The van der Waals surface area contributed by atoms with Crippen LogP contribution in [0, 0.1) is 0 Å². The van der Waals surface area contributed by atoms with Gasteiger partial charge in [0.25, 0.3) is 0 Å². The van der Waals surface area contributed by atoms with Crippen LogP contribution in [-0.4, -0.2) is 24.0 Å². The molecular formula is C23H27IN4. The second-order valence-electron chi connectivity index (χ2n) is 7.19. The van der Waals surface area contributed by atoms with Crippen LogP contribution in [0.2, 0.25) is 0 Å². The summed E-state index contributed by atoms with van der Waals surface area (Å²) < 4.78 is 0. The highest BCUT2D eigenvalue weighted by atomic mass is 127. The van der Waals surface area contributed by atoms with E-state index in [-0.39, 0.29) is 29.4 Å². The number of hydrogen-bond donors (Lipinski definition) is 2. The lowest BCUT2D eigenvalue weighted by molar-refractivity contribution is 0.646. The van der Waals surface area contributed by atoms with Gasteiger partial charge in [-0.1, -0.05) is 54.6 Å². The molecule has 4 rings (SSSR count). The van der Waals surface area contributed by atoms with E-state index in [1.54, 1.807) is 0 Å². The number of nitrogens with zero attached hydrogens (tertiary/aromatic N) is 2. The van der Waals surface area contributed by atoms with Crippen molar-refractivity contribution in [3.63, 3.8) is 0 Å². The van der Waals surface area contributed by atoms with Gasteiger partial charge in [0, 0.05) is 30.1 Å². The number of pyridine rings is 1. The summed E-state index contributed by atoms with van der Waals surface area (Å²) in [6.45, 7) is 4.47. The van der Waals surface area contributed by atoms with E-state index >= 15 is 0 Å². The number of para-hydroxylation sites is 1. The van der Waals surface area contributed by atoms with E-state index in [4.69, 9.17) is 4.99 Å². The van der Waals surface area contributed by atoms with Crippen LogP contribution in [0.15, 0.2) is 71.9 Å². The Hall–Kier alpha value is -2.15. The van der Waals surface area contributed by atoms with Crippen LogP contribution in [0.4, 0.5) is 0 Å². The lowest BCUT2D eigenvalue weighted by Gasteiger charge is -2.19. The lowest BCUT2D eigenvalue weighted by atomic mass is 9.96. The van der Waals surface area contributed by atoms with Crippen molar-refractivity contribution in [1.29, 1.82) is 0 Å². The summed E-state index contributed by atoms with van der Waals surface area (Å²) in [5.41, 5.74) is 3.86. The van der Waals surface area contributed by atoms with Crippen LogP contribution in [0.3, 0.4) is 0 Å². The normalized spacial score (nSPS) is 15.0. The SMILES string of the molecule is CCNC(=NCc1cccc2cccnc12)NCC1(c2ccccc2)CC1.I. The zero-order valence-corrected chi connectivity index (χ0v) is 18.5. The quantitative estimate of drug-likeness (QED) is 0.303. The summed E-state index contributed by atoms with van der Waals surface area (Å²) in [4.78, 5) is 9.34. The largest absolute Gasteiger partial charge is 0.357 e. The maximum Gasteiger partial charge on any atom is 0.191 e. The fraction of sp³-hybridized carbons (Fsp3) is 0.304. The highest BCUT2D eigenvalue weighted by Gasteiger charge is 2.43. The molecule has 0 atom stereocenters. The number of guanidine groups is 1. The van der Waals surface area contributed by atoms with Crippen molar-refractivity contribution in [3.05, 3.63) is 78.0 Å². The standard InChI is InChI=1S/C23H26N4.HI/c1-2-24-22(27-17-23(13-14-23)20-11-4-3-5-12-20)26-16-19-9-6-8-18-10-7-15-25-21(18)19;/h3-12,15H,2,13-14,16-17H2,1H3,(H2,24,26,27);1H. The van der Waals surface area contributed by atoms with E-state index in [0.717, 1.165) is 35.5 Å². The Labute approximate surface area is 183 Å². The van der Waals surface area contributed by atoms with Gasteiger partial charge in [-0.2, -0.15) is 0 Å². The Kier molecular flexibility index (Phi) is 6.88. The van der Waals surface area contributed by atoms with Crippen molar-refractivity contribution in [2.45, 2.75) is 31.7 Å². The molecule has 2 aromatic carbocycles. The molecular weight excluding hydrogens is 459 g/mol. The molecule has 0 spiro atoms. The summed E-state index contributed by atoms with van der Waals surface area (Å²) in [6.07, 6.45) is 4.31. The number of aromatic nitrogens is 1. The van der Waals surface area contributed by atoms with Crippen molar-refractivity contribution in [1.82, 2.24) is 15.6 Å². The predicted octanol–water partition coefficient (Wildman–Crippen LogP) is 4.64. The van der Waals surface area contributed by atoms with E-state index < -0.39 is 0 Å². The van der Waals surface area contributed by atoms with Crippen LogP contribution in [0.25, 0.3) is 10.9 Å². The lowest BCUT2D eigenvalue weighted by Crippen LogP contribution is -2.41. The van der Waals surface area contributed by atoms with Crippen molar-refractivity contribution in [2.75, 3.05) is 13.1 Å². The molecule has 0 amide bonds. The molecule has 0 saturated heterocycles. The molecule has 1 aromatic heterocycles. The molecule has 4 nitrogen and oxygen atoms in total. The van der Waals surface area contributed by atoms with Crippen molar-refractivity contribution < 1.29 is 0 Å². The topological polar surface area (TPSA) is 49.3 Å². The fourth-order valence-electron chi connectivity index (χ4n) is 3.56. The van der Waals surface area contributed by atoms with Gasteiger partial charge in [0.1, 0.15) is 0 Å². The number of hydrogen-bond acceptors (Lipinski definition) is 2. The predicted molar refractivity (Wildman–Crippen MR) is 127 cm³/mol. The van der Waals surface area contributed by atoms with E-state index in [2.05, 4.69) is 77.1 Å². The minimum absolute atomic E-state index is 0. The first kappa shape index (κ1) is 20.6. The number of rotatable bonds is 6. The Balaban J connectivity index is 0.00000225. The maximum absolute atomic E-state index is 4.81. The zero-order chi connectivity index (χ0) is 18.5. The molecule has 1 fully saturated rings. The summed E-state index contributed by atoms with van der Waals surface area (Å²) in [6, 6.07) is 21.1. The van der Waals surface area contributed by atoms with Gasteiger partial charge < -0.3 is 10.6 Å². The first-order chi connectivity index (χ1) is 13.3. The molecule has 5 heteroatoms. The van der Waals surface area contributed by atoms with Gasteiger partial charge in [0.2, 0.25) is 0 Å². The molecule has 0 aliphatic heterocycles. The molecule has 0 unspecified atom stereocenters. The van der Waals surface area contributed by atoms with Crippen molar-refractivity contribution in [3.8, 4) is 0 Å². The second kappa shape index (κ2) is 9.37. The van der Waals surface area contributed by atoms with Crippen LogP contribution < -0.4 is 10.6 Å². The molecule has 28 heavy (non-hydrogen) atoms. The summed E-state index contributed by atoms with van der Waals surface area (Å²) in [5.74, 6) is 0.868. The van der Waals surface area contributed by atoms with Crippen LogP contribution >= 0.6 is 24.0 Å². The number of benzene rings is 2. The van der Waals surface area contributed by atoms with Gasteiger partial charge in [0.15, 0.2) is 5.96 Å². The van der Waals surface area contributed by atoms with E-state index in [1.807, 2.05) is 12.3 Å². The highest BCUT2D eigenvalue weighted by molar-refractivity contribution is 14.0. The summed E-state index contributed by atoms with van der Waals surface area (Å²) >= 11 is 0. The zero-order valence-electron chi connectivity index (χ0n) is 16.2. The first-order valence-corrected chi connectivity index (χ1v) is 9.71. The van der Waals surface area contributed by atoms with Crippen LogP contribution in [0.5, 0.6) is 0 Å². The second-order valence-corrected chi connectivity index (χ2v) is 7.19. The Morgan fingerprint density at radius 2 is 1.79 bits per heavy atom. The average Bonchev–Trinajstić information content (AvgIpc) is 3.52. The third-order valence-corrected chi connectivity index (χ3v) is 5.30. The van der Waals surface area contributed by atoms with Gasteiger partial charge in [-0.05, 0) is 37.0 Å². The number of nitrogens with one attached hydrogen (secondary N) is 2. The van der Waals surface area contributed by atoms with Crippen molar-refractivity contribution >= 4 is 40.8 Å². The molecule has 1 aliphatic rings. The van der Waals surface area contributed by atoms with Crippen LogP contribution in [-0.2, 0) is 12.0 Å². The molecule has 1 aliphatic carbocycles. The molecule has 3 aromatic rings. The summed E-state index contributed by atoms with van der Waals surface area (Å²) in [7, 11) is 0. The highest BCUT2D eigenvalue weighted by Crippen LogP contribution is 2.47. The van der Waals surface area contributed by atoms with Gasteiger partial charge in [0.05, 0.1) is 12.1 Å². The Morgan fingerprint density at radius 3 is 2.54 bits per heavy atom. The number of halogens is 1. The smallest absolute Gasteiger partial charge is 0.191 e. The van der Waals surface area contributed by atoms with Gasteiger partial charge in [-0.3, -0.25) is 4.98 Å². The van der Waals surface area contributed by atoms with Gasteiger partial charge in [-0.25, -0.2) is 4.99 Å². The van der Waals surface area contributed by atoms with Gasteiger partial charge in [-0.15, -0.1) is 24.0 Å². The number of fused-ring (bicyclic) bond motifs is 1. The van der Waals surface area contributed by atoms with E-state index in [1.165, 1.54) is 18.4 Å². The monoisotopic (exact) mass is 486 g/mol. The number of aliphatic imine (C=N–C) groups is 1. The third kappa shape index (κ3) is 4.63. The van der Waals surface area contributed by atoms with Gasteiger partial charge >= 0.3 is 0 Å². The Bertz CT molecular complexity index is 930. The van der Waals surface area contributed by atoms with E-state index in [0.29, 0.717) is 6.54 Å². The van der Waals surface area contributed by atoms with Crippen LogP contribution in [0.1, 0.15) is 30.9 Å². The minimum Gasteiger partial charge on any atom is -0.357 e. The molecule has 1 saturated carbocycles. The molecule has 146 valence electrons.